The maximum absolute atomic E-state index is 12.5. The lowest BCUT2D eigenvalue weighted by Gasteiger charge is -2.12. The Morgan fingerprint density at radius 1 is 1.33 bits per heavy atom. The first-order valence-electron chi connectivity index (χ1n) is 7.56. The predicted molar refractivity (Wildman–Crippen MR) is 81.7 cm³/mol. The second-order valence-corrected chi connectivity index (χ2v) is 7.92. The molecule has 1 saturated heterocycles. The van der Waals surface area contributed by atoms with Gasteiger partial charge in [0.25, 0.3) is 0 Å². The highest BCUT2D eigenvalue weighted by molar-refractivity contribution is 7.89. The molecule has 118 valence electrons. The van der Waals surface area contributed by atoms with Crippen LogP contribution in [0.15, 0.2) is 17.2 Å². The van der Waals surface area contributed by atoms with E-state index in [1.54, 1.807) is 12.3 Å². The zero-order chi connectivity index (χ0) is 15.0. The summed E-state index contributed by atoms with van der Waals surface area (Å²) in [6.45, 7) is 2.42. The average Bonchev–Trinajstić information content (AvgIpc) is 3.05. The van der Waals surface area contributed by atoms with Gasteiger partial charge >= 0.3 is 0 Å². The van der Waals surface area contributed by atoms with E-state index in [9.17, 15) is 8.42 Å². The van der Waals surface area contributed by atoms with Crippen LogP contribution in [-0.2, 0) is 16.6 Å². The Kier molecular flexibility index (Phi) is 4.09. The van der Waals surface area contributed by atoms with Crippen LogP contribution in [0.1, 0.15) is 31.0 Å². The van der Waals surface area contributed by atoms with Crippen LogP contribution in [0.4, 0.5) is 0 Å². The summed E-state index contributed by atoms with van der Waals surface area (Å²) < 4.78 is 30.0. The second-order valence-electron chi connectivity index (χ2n) is 6.21. The van der Waals surface area contributed by atoms with E-state index in [1.807, 2.05) is 14.1 Å². The van der Waals surface area contributed by atoms with Crippen molar-refractivity contribution >= 4 is 10.0 Å². The molecule has 1 aliphatic carbocycles. The van der Waals surface area contributed by atoms with Crippen LogP contribution < -0.4 is 10.0 Å². The third kappa shape index (κ3) is 3.31. The van der Waals surface area contributed by atoms with E-state index in [1.165, 1.54) is 0 Å². The van der Waals surface area contributed by atoms with Gasteiger partial charge in [-0.25, -0.2) is 13.1 Å². The second kappa shape index (κ2) is 5.72. The normalized spacial score (nSPS) is 23.8. The molecule has 1 aromatic rings. The number of nitrogens with one attached hydrogen (secondary N) is 2. The van der Waals surface area contributed by atoms with Gasteiger partial charge < -0.3 is 14.8 Å². The summed E-state index contributed by atoms with van der Waals surface area (Å²) in [5.41, 5.74) is 1.05. The molecule has 0 radical (unpaired) electrons. The molecule has 0 aromatic carbocycles. The molecule has 0 bridgehead atoms. The first-order valence-corrected chi connectivity index (χ1v) is 9.04. The van der Waals surface area contributed by atoms with Crippen molar-refractivity contribution in [3.8, 4) is 0 Å². The van der Waals surface area contributed by atoms with Crippen LogP contribution in [0, 0.1) is 0 Å². The Balaban J connectivity index is 1.79. The zero-order valence-corrected chi connectivity index (χ0v) is 13.5. The van der Waals surface area contributed by atoms with Gasteiger partial charge in [-0.15, -0.1) is 0 Å². The highest BCUT2D eigenvalue weighted by Gasteiger charge is 2.30. The third-order valence-electron chi connectivity index (χ3n) is 4.23. The standard InChI is InChI=1S/C14H24N4O2S/c1-15-8-13-7-14(10-18(13)12-3-4-12)21(19,20)16-11-5-6-17(2)9-11/h7,10-12,15-16H,3-6,8-9H2,1-2H3. The van der Waals surface area contributed by atoms with Crippen LogP contribution in [0.5, 0.6) is 0 Å². The molecule has 3 rings (SSSR count). The highest BCUT2D eigenvalue weighted by atomic mass is 32.2. The van der Waals surface area contributed by atoms with Crippen LogP contribution in [-0.4, -0.2) is 51.1 Å². The minimum atomic E-state index is -3.42. The number of likely N-dealkylation sites (N-methyl/N-ethyl adjacent to an activating group) is 1. The van der Waals surface area contributed by atoms with E-state index in [0.717, 1.165) is 38.0 Å². The maximum Gasteiger partial charge on any atom is 0.242 e. The zero-order valence-electron chi connectivity index (χ0n) is 12.7. The van der Waals surface area contributed by atoms with Crippen LogP contribution >= 0.6 is 0 Å². The summed E-state index contributed by atoms with van der Waals surface area (Å²) in [6.07, 6.45) is 4.96. The van der Waals surface area contributed by atoms with Gasteiger partial charge in [0.15, 0.2) is 0 Å². The van der Waals surface area contributed by atoms with E-state index >= 15 is 0 Å². The quantitative estimate of drug-likeness (QED) is 0.804. The molecular formula is C14H24N4O2S. The van der Waals surface area contributed by atoms with E-state index in [4.69, 9.17) is 0 Å². The fraction of sp³-hybridized carbons (Fsp3) is 0.714. The van der Waals surface area contributed by atoms with Gasteiger partial charge in [-0.05, 0) is 46.0 Å². The van der Waals surface area contributed by atoms with Crippen molar-refractivity contribution in [1.29, 1.82) is 0 Å². The summed E-state index contributed by atoms with van der Waals surface area (Å²) in [5, 5.41) is 3.11. The fourth-order valence-electron chi connectivity index (χ4n) is 2.98. The lowest BCUT2D eigenvalue weighted by atomic mass is 10.3. The molecule has 7 heteroatoms. The van der Waals surface area contributed by atoms with Crippen molar-refractivity contribution in [3.05, 3.63) is 18.0 Å². The van der Waals surface area contributed by atoms with Gasteiger partial charge in [0.1, 0.15) is 0 Å². The van der Waals surface area contributed by atoms with Crippen molar-refractivity contribution in [3.63, 3.8) is 0 Å². The molecule has 6 nitrogen and oxygen atoms in total. The molecule has 2 N–H and O–H groups in total. The number of aromatic nitrogens is 1. The van der Waals surface area contributed by atoms with Gasteiger partial charge in [0, 0.05) is 37.1 Å². The van der Waals surface area contributed by atoms with Crippen molar-refractivity contribution in [2.45, 2.75) is 42.8 Å². The molecule has 1 saturated carbocycles. The van der Waals surface area contributed by atoms with Gasteiger partial charge in [-0.2, -0.15) is 0 Å². The summed E-state index contributed by atoms with van der Waals surface area (Å²) in [4.78, 5) is 2.55. The largest absolute Gasteiger partial charge is 0.346 e. The molecular weight excluding hydrogens is 288 g/mol. The minimum absolute atomic E-state index is 0.0250. The van der Waals surface area contributed by atoms with Gasteiger partial charge in [-0.3, -0.25) is 0 Å². The van der Waals surface area contributed by atoms with Crippen LogP contribution in [0.3, 0.4) is 0 Å². The Morgan fingerprint density at radius 2 is 2.10 bits per heavy atom. The summed E-state index contributed by atoms with van der Waals surface area (Å²) >= 11 is 0. The molecule has 2 aliphatic rings. The van der Waals surface area contributed by atoms with E-state index in [2.05, 4.69) is 19.5 Å². The molecule has 2 fully saturated rings. The lowest BCUT2D eigenvalue weighted by Crippen LogP contribution is -2.36. The van der Waals surface area contributed by atoms with Crippen molar-refractivity contribution < 1.29 is 8.42 Å². The number of hydrogen-bond acceptors (Lipinski definition) is 4. The Labute approximate surface area is 126 Å². The third-order valence-corrected chi connectivity index (χ3v) is 5.72. The number of rotatable bonds is 6. The monoisotopic (exact) mass is 312 g/mol. The Morgan fingerprint density at radius 3 is 2.67 bits per heavy atom. The first-order chi connectivity index (χ1) is 9.99. The minimum Gasteiger partial charge on any atom is -0.346 e. The molecule has 0 amide bonds. The van der Waals surface area contributed by atoms with E-state index in [-0.39, 0.29) is 6.04 Å². The van der Waals surface area contributed by atoms with E-state index in [0.29, 0.717) is 17.5 Å². The lowest BCUT2D eigenvalue weighted by molar-refractivity contribution is 0.407. The first kappa shape index (κ1) is 15.0. The summed E-state index contributed by atoms with van der Waals surface area (Å²) in [6, 6.07) is 2.31. The van der Waals surface area contributed by atoms with Crippen LogP contribution in [0.25, 0.3) is 0 Å². The SMILES string of the molecule is CNCc1cc(S(=O)(=O)NC2CCN(C)C2)cn1C1CC1. The molecule has 0 spiro atoms. The highest BCUT2D eigenvalue weighted by Crippen LogP contribution is 2.37. The van der Waals surface area contributed by atoms with Crippen molar-refractivity contribution in [1.82, 2.24) is 19.5 Å². The predicted octanol–water partition coefficient (Wildman–Crippen LogP) is 0.525. The fourth-order valence-corrected chi connectivity index (χ4v) is 4.29. The Bertz CT molecular complexity index is 606. The summed E-state index contributed by atoms with van der Waals surface area (Å²) in [5.74, 6) is 0. The van der Waals surface area contributed by atoms with Crippen molar-refractivity contribution in [2.75, 3.05) is 27.2 Å². The molecule has 1 atom stereocenters. The maximum atomic E-state index is 12.5. The van der Waals surface area contributed by atoms with Crippen LogP contribution in [0.2, 0.25) is 0 Å². The smallest absolute Gasteiger partial charge is 0.242 e. The number of likely N-dealkylation sites (tertiary alicyclic amines) is 1. The van der Waals surface area contributed by atoms with Gasteiger partial charge in [-0.1, -0.05) is 0 Å². The number of nitrogens with zero attached hydrogens (tertiary/aromatic N) is 2. The molecule has 1 aromatic heterocycles. The molecule has 2 heterocycles. The molecule has 1 aliphatic heterocycles. The molecule has 1 unspecified atom stereocenters. The topological polar surface area (TPSA) is 66.4 Å². The Hall–Kier alpha value is -0.890. The molecule has 21 heavy (non-hydrogen) atoms. The van der Waals surface area contributed by atoms with Crippen molar-refractivity contribution in [2.24, 2.45) is 0 Å². The van der Waals surface area contributed by atoms with Gasteiger partial charge in [0.05, 0.1) is 4.90 Å². The van der Waals surface area contributed by atoms with E-state index < -0.39 is 10.0 Å². The number of sulfonamides is 1. The number of hydrogen-bond donors (Lipinski definition) is 2. The van der Waals surface area contributed by atoms with Gasteiger partial charge in [0.2, 0.25) is 10.0 Å². The summed E-state index contributed by atoms with van der Waals surface area (Å²) in [7, 11) is 0.479. The average molecular weight is 312 g/mol.